The van der Waals surface area contributed by atoms with Gasteiger partial charge in [0, 0.05) is 11.8 Å². The third kappa shape index (κ3) is 1.86. The highest BCUT2D eigenvalue weighted by atomic mass is 16.5. The molecule has 3 heteroatoms. The predicted molar refractivity (Wildman–Crippen MR) is 60.9 cm³/mol. The second kappa shape index (κ2) is 4.45. The minimum Gasteiger partial charge on any atom is -0.496 e. The summed E-state index contributed by atoms with van der Waals surface area (Å²) in [6, 6.07) is 13.3. The number of para-hydroxylation sites is 1. The fraction of sp³-hybridized carbons (Fsp3) is 0.0769. The normalized spacial score (nSPS) is 9.50. The molecule has 78 valence electrons. The fourth-order valence-electron chi connectivity index (χ4n) is 1.54. The van der Waals surface area contributed by atoms with Crippen molar-refractivity contribution in [2.24, 2.45) is 0 Å². The van der Waals surface area contributed by atoms with E-state index in [1.54, 1.807) is 19.4 Å². The summed E-state index contributed by atoms with van der Waals surface area (Å²) in [5.74, 6) is 0.789. The van der Waals surface area contributed by atoms with Gasteiger partial charge in [0.2, 0.25) is 0 Å². The summed E-state index contributed by atoms with van der Waals surface area (Å²) in [5.41, 5.74) is 2.30. The molecule has 0 amide bonds. The molecule has 0 saturated heterocycles. The quantitative estimate of drug-likeness (QED) is 0.765. The Kier molecular flexibility index (Phi) is 2.84. The number of aromatic nitrogens is 1. The molecule has 2 aromatic rings. The molecule has 1 aromatic heterocycles. The number of rotatable bonds is 2. The van der Waals surface area contributed by atoms with E-state index in [-0.39, 0.29) is 0 Å². The van der Waals surface area contributed by atoms with Crippen molar-refractivity contribution in [3.63, 3.8) is 0 Å². The molecule has 0 aliphatic carbocycles. The molecule has 0 fully saturated rings. The van der Waals surface area contributed by atoms with Crippen molar-refractivity contribution in [1.29, 1.82) is 5.26 Å². The van der Waals surface area contributed by atoms with E-state index in [9.17, 15) is 0 Å². The number of nitrogens with zero attached hydrogens (tertiary/aromatic N) is 2. The van der Waals surface area contributed by atoms with Gasteiger partial charge in [-0.1, -0.05) is 18.2 Å². The second-order valence-corrected chi connectivity index (χ2v) is 3.24. The Morgan fingerprint density at radius 2 is 2.06 bits per heavy atom. The molecule has 3 nitrogen and oxygen atoms in total. The first-order chi connectivity index (χ1) is 7.85. The first kappa shape index (κ1) is 10.2. The molecule has 0 N–H and O–H groups in total. The van der Waals surface area contributed by atoms with Gasteiger partial charge < -0.3 is 4.74 Å². The smallest absolute Gasteiger partial charge is 0.141 e. The van der Waals surface area contributed by atoms with E-state index in [0.29, 0.717) is 5.69 Å². The van der Waals surface area contributed by atoms with Crippen LogP contribution in [0.1, 0.15) is 5.69 Å². The maximum Gasteiger partial charge on any atom is 0.141 e. The summed E-state index contributed by atoms with van der Waals surface area (Å²) in [7, 11) is 1.63. The van der Waals surface area contributed by atoms with Crippen molar-refractivity contribution in [2.45, 2.75) is 0 Å². The summed E-state index contributed by atoms with van der Waals surface area (Å²) in [5, 5.41) is 8.79. The minimum atomic E-state index is 0.406. The zero-order valence-corrected chi connectivity index (χ0v) is 8.84. The SMILES string of the molecule is COc1ccccc1-c1ccnc(C#N)c1. The van der Waals surface area contributed by atoms with E-state index in [4.69, 9.17) is 10.00 Å². The van der Waals surface area contributed by atoms with E-state index >= 15 is 0 Å². The van der Waals surface area contributed by atoms with Crippen LogP contribution >= 0.6 is 0 Å². The van der Waals surface area contributed by atoms with Crippen molar-refractivity contribution in [3.8, 4) is 22.9 Å². The van der Waals surface area contributed by atoms with Gasteiger partial charge in [-0.05, 0) is 23.8 Å². The number of hydrogen-bond acceptors (Lipinski definition) is 3. The summed E-state index contributed by atoms with van der Waals surface area (Å²) < 4.78 is 5.27. The lowest BCUT2D eigenvalue weighted by Crippen LogP contribution is -1.89. The predicted octanol–water partition coefficient (Wildman–Crippen LogP) is 2.63. The van der Waals surface area contributed by atoms with Crippen molar-refractivity contribution in [2.75, 3.05) is 7.11 Å². The van der Waals surface area contributed by atoms with E-state index < -0.39 is 0 Å². The molecule has 16 heavy (non-hydrogen) atoms. The largest absolute Gasteiger partial charge is 0.496 e. The van der Waals surface area contributed by atoms with Crippen LogP contribution < -0.4 is 4.74 Å². The van der Waals surface area contributed by atoms with E-state index in [1.807, 2.05) is 36.4 Å². The molecule has 1 heterocycles. The van der Waals surface area contributed by atoms with Gasteiger partial charge in [-0.15, -0.1) is 0 Å². The second-order valence-electron chi connectivity index (χ2n) is 3.24. The Balaban J connectivity index is 2.54. The van der Waals surface area contributed by atoms with Crippen LogP contribution in [0.3, 0.4) is 0 Å². The summed E-state index contributed by atoms with van der Waals surface area (Å²) in [6.07, 6.45) is 1.63. The Bertz CT molecular complexity index is 544. The molecule has 1 aromatic carbocycles. The molecule has 0 radical (unpaired) electrons. The highest BCUT2D eigenvalue weighted by molar-refractivity contribution is 5.70. The molecule has 0 saturated carbocycles. The van der Waals surface area contributed by atoms with Gasteiger partial charge in [-0.3, -0.25) is 0 Å². The zero-order valence-electron chi connectivity index (χ0n) is 8.84. The van der Waals surface area contributed by atoms with Gasteiger partial charge in [0.1, 0.15) is 17.5 Å². The van der Waals surface area contributed by atoms with Crippen molar-refractivity contribution >= 4 is 0 Å². The van der Waals surface area contributed by atoms with Gasteiger partial charge in [0.15, 0.2) is 0 Å². The fourth-order valence-corrected chi connectivity index (χ4v) is 1.54. The molecular formula is C13H10N2O. The molecule has 0 unspecified atom stereocenters. The van der Waals surface area contributed by atoms with Crippen molar-refractivity contribution in [3.05, 3.63) is 48.3 Å². The van der Waals surface area contributed by atoms with Crippen LogP contribution in [0.5, 0.6) is 5.75 Å². The van der Waals surface area contributed by atoms with E-state index in [1.165, 1.54) is 0 Å². The molecule has 0 aliphatic rings. The average molecular weight is 210 g/mol. The number of nitriles is 1. The standard InChI is InChI=1S/C13H10N2O/c1-16-13-5-3-2-4-12(13)10-6-7-15-11(8-10)9-14/h2-8H,1H3. The zero-order chi connectivity index (χ0) is 11.4. The lowest BCUT2D eigenvalue weighted by Gasteiger charge is -2.07. The van der Waals surface area contributed by atoms with Gasteiger partial charge in [0.05, 0.1) is 7.11 Å². The number of hydrogen-bond donors (Lipinski definition) is 0. The Morgan fingerprint density at radius 1 is 1.25 bits per heavy atom. The van der Waals surface area contributed by atoms with Crippen LogP contribution in [-0.2, 0) is 0 Å². The maximum absolute atomic E-state index is 8.79. The number of pyridine rings is 1. The van der Waals surface area contributed by atoms with Crippen molar-refractivity contribution in [1.82, 2.24) is 4.98 Å². The third-order valence-electron chi connectivity index (χ3n) is 2.29. The molecular weight excluding hydrogens is 200 g/mol. The Labute approximate surface area is 93.9 Å². The van der Waals surface area contributed by atoms with Crippen LogP contribution in [0.15, 0.2) is 42.6 Å². The van der Waals surface area contributed by atoms with Gasteiger partial charge in [-0.2, -0.15) is 5.26 Å². The number of benzene rings is 1. The van der Waals surface area contributed by atoms with Crippen molar-refractivity contribution < 1.29 is 4.74 Å². The van der Waals surface area contributed by atoms with Gasteiger partial charge in [-0.25, -0.2) is 4.98 Å². The topological polar surface area (TPSA) is 45.9 Å². The van der Waals surface area contributed by atoms with Crippen LogP contribution in [-0.4, -0.2) is 12.1 Å². The lowest BCUT2D eigenvalue weighted by molar-refractivity contribution is 0.416. The lowest BCUT2D eigenvalue weighted by atomic mass is 10.1. The van der Waals surface area contributed by atoms with Gasteiger partial charge in [0.25, 0.3) is 0 Å². The van der Waals surface area contributed by atoms with E-state index in [0.717, 1.165) is 16.9 Å². The van der Waals surface area contributed by atoms with E-state index in [2.05, 4.69) is 4.98 Å². The highest BCUT2D eigenvalue weighted by Gasteiger charge is 2.05. The monoisotopic (exact) mass is 210 g/mol. The summed E-state index contributed by atoms with van der Waals surface area (Å²) in [4.78, 5) is 3.94. The summed E-state index contributed by atoms with van der Waals surface area (Å²) >= 11 is 0. The van der Waals surface area contributed by atoms with Crippen LogP contribution in [0.25, 0.3) is 11.1 Å². The number of ether oxygens (including phenoxy) is 1. The molecule has 0 bridgehead atoms. The molecule has 2 rings (SSSR count). The Morgan fingerprint density at radius 3 is 2.81 bits per heavy atom. The maximum atomic E-state index is 8.79. The van der Waals surface area contributed by atoms with Gasteiger partial charge >= 0.3 is 0 Å². The number of methoxy groups -OCH3 is 1. The average Bonchev–Trinajstić information content (AvgIpc) is 2.38. The highest BCUT2D eigenvalue weighted by Crippen LogP contribution is 2.29. The van der Waals surface area contributed by atoms with Crippen LogP contribution in [0.4, 0.5) is 0 Å². The molecule has 0 spiro atoms. The van der Waals surface area contributed by atoms with Crippen LogP contribution in [0.2, 0.25) is 0 Å². The first-order valence-corrected chi connectivity index (χ1v) is 4.84. The molecule has 0 atom stereocenters. The first-order valence-electron chi connectivity index (χ1n) is 4.84. The third-order valence-corrected chi connectivity index (χ3v) is 2.29. The molecule has 0 aliphatic heterocycles. The minimum absolute atomic E-state index is 0.406. The Hall–Kier alpha value is -2.34. The summed E-state index contributed by atoms with van der Waals surface area (Å²) in [6.45, 7) is 0. The van der Waals surface area contributed by atoms with Crippen LogP contribution in [0, 0.1) is 11.3 Å².